The second kappa shape index (κ2) is 5.85. The first-order valence-corrected chi connectivity index (χ1v) is 9.96. The molecule has 4 heteroatoms. The monoisotopic (exact) mass is 345 g/mol. The molecule has 138 valence electrons. The quantitative estimate of drug-likeness (QED) is 0.324. The van der Waals surface area contributed by atoms with Crippen LogP contribution in [0.5, 0.6) is 0 Å². The summed E-state index contributed by atoms with van der Waals surface area (Å²) in [7, 11) is 0. The van der Waals surface area contributed by atoms with Gasteiger partial charge in [-0.05, 0) is 68.1 Å². The van der Waals surface area contributed by atoms with Crippen molar-refractivity contribution in [2.45, 2.75) is 78.2 Å². The van der Waals surface area contributed by atoms with Gasteiger partial charge in [0.2, 0.25) is 0 Å². The topological polar surface area (TPSA) is 58.9 Å². The highest BCUT2D eigenvalue weighted by Crippen LogP contribution is 2.64. The second-order valence-electron chi connectivity index (χ2n) is 9.28. The van der Waals surface area contributed by atoms with E-state index in [0.717, 1.165) is 50.2 Å². The number of allylic oxidation sites excluding steroid dienone is 1. The van der Waals surface area contributed by atoms with E-state index in [4.69, 9.17) is 4.74 Å². The summed E-state index contributed by atoms with van der Waals surface area (Å²) in [5.74, 6) is 1.93. The van der Waals surface area contributed by atoms with Crippen LogP contribution in [0.25, 0.3) is 0 Å². The third-order valence-electron chi connectivity index (χ3n) is 8.25. The fourth-order valence-corrected chi connectivity index (χ4v) is 6.92. The molecule has 0 aliphatic heterocycles. The maximum Gasteiger partial charge on any atom is 0.302 e. The molecule has 3 fully saturated rings. The number of rotatable bonds is 1. The molecule has 0 aromatic rings. The Morgan fingerprint density at radius 2 is 1.92 bits per heavy atom. The van der Waals surface area contributed by atoms with Gasteiger partial charge in [0.05, 0.1) is 5.71 Å². The zero-order valence-electron chi connectivity index (χ0n) is 15.8. The van der Waals surface area contributed by atoms with E-state index < -0.39 is 0 Å². The van der Waals surface area contributed by atoms with Crippen LogP contribution in [0, 0.1) is 28.6 Å². The minimum Gasteiger partial charge on any atom is -0.462 e. The smallest absolute Gasteiger partial charge is 0.302 e. The van der Waals surface area contributed by atoms with Gasteiger partial charge in [0, 0.05) is 18.8 Å². The molecule has 1 N–H and O–H groups in total. The van der Waals surface area contributed by atoms with Crippen molar-refractivity contribution < 1.29 is 14.7 Å². The van der Waals surface area contributed by atoms with Crippen molar-refractivity contribution in [3.05, 3.63) is 11.6 Å². The number of esters is 1. The van der Waals surface area contributed by atoms with Gasteiger partial charge in [-0.3, -0.25) is 4.79 Å². The predicted molar refractivity (Wildman–Crippen MR) is 96.5 cm³/mol. The van der Waals surface area contributed by atoms with Crippen LogP contribution in [0.2, 0.25) is 0 Å². The number of hydrogen-bond acceptors (Lipinski definition) is 4. The maximum absolute atomic E-state index is 11.3. The van der Waals surface area contributed by atoms with Gasteiger partial charge in [-0.15, -0.1) is 0 Å². The average Bonchev–Trinajstić information content (AvgIpc) is 2.91. The molecule has 25 heavy (non-hydrogen) atoms. The Hall–Kier alpha value is -1.32. The van der Waals surface area contributed by atoms with Gasteiger partial charge in [0.15, 0.2) is 0 Å². The Labute approximate surface area is 150 Å². The lowest BCUT2D eigenvalue weighted by Crippen LogP contribution is -2.50. The van der Waals surface area contributed by atoms with Crippen LogP contribution < -0.4 is 0 Å². The van der Waals surface area contributed by atoms with E-state index in [1.807, 2.05) is 0 Å². The summed E-state index contributed by atoms with van der Waals surface area (Å²) in [6.07, 6.45) is 11.2. The van der Waals surface area contributed by atoms with E-state index in [-0.39, 0.29) is 22.9 Å². The number of carbonyl (C=O) groups excluding carboxylic acids is 1. The van der Waals surface area contributed by atoms with Crippen LogP contribution in [-0.2, 0) is 9.53 Å². The first kappa shape index (κ1) is 17.1. The molecule has 0 saturated heterocycles. The molecule has 0 spiro atoms. The number of nitrogens with zero attached hydrogens (tertiary/aromatic N) is 1. The number of oxime groups is 1. The van der Waals surface area contributed by atoms with E-state index in [1.54, 1.807) is 0 Å². The van der Waals surface area contributed by atoms with Gasteiger partial charge in [-0.2, -0.15) is 0 Å². The van der Waals surface area contributed by atoms with E-state index in [9.17, 15) is 10.0 Å². The van der Waals surface area contributed by atoms with Gasteiger partial charge < -0.3 is 9.94 Å². The molecule has 4 nitrogen and oxygen atoms in total. The highest BCUT2D eigenvalue weighted by molar-refractivity contribution is 5.92. The average molecular weight is 345 g/mol. The molecule has 0 amide bonds. The molecule has 0 aromatic carbocycles. The van der Waals surface area contributed by atoms with Crippen LogP contribution in [0.15, 0.2) is 16.8 Å². The lowest BCUT2D eigenvalue weighted by atomic mass is 9.48. The summed E-state index contributed by atoms with van der Waals surface area (Å²) in [6.45, 7) is 6.30. The zero-order valence-corrected chi connectivity index (χ0v) is 15.8. The van der Waals surface area contributed by atoms with Crippen molar-refractivity contribution in [1.82, 2.24) is 0 Å². The zero-order chi connectivity index (χ0) is 17.8. The number of hydrogen-bond donors (Lipinski definition) is 1. The first-order valence-electron chi connectivity index (χ1n) is 9.96. The molecule has 6 atom stereocenters. The van der Waals surface area contributed by atoms with Crippen LogP contribution in [0.3, 0.4) is 0 Å². The second-order valence-corrected chi connectivity index (χ2v) is 9.28. The van der Waals surface area contributed by atoms with Crippen molar-refractivity contribution >= 4 is 11.7 Å². The fourth-order valence-electron chi connectivity index (χ4n) is 6.92. The number of fused-ring (bicyclic) bond motifs is 5. The molecule has 4 rings (SSSR count). The number of ether oxygens (including phenoxy) is 1. The van der Waals surface area contributed by atoms with Crippen LogP contribution in [-0.4, -0.2) is 23.0 Å². The Balaban J connectivity index is 1.60. The molecule has 0 heterocycles. The van der Waals surface area contributed by atoms with Crippen molar-refractivity contribution in [3.8, 4) is 0 Å². The number of carbonyl (C=O) groups is 1. The highest BCUT2D eigenvalue weighted by Gasteiger charge is 2.58. The SMILES string of the molecule is CC(=O)O[C@H]1CC[C@]2(C)C(=CC[C@H]3[C@H]4CC/C(=N/O)[C@]4(C)CC[C@H]32)C1. The summed E-state index contributed by atoms with van der Waals surface area (Å²) in [5, 5.41) is 13.1. The molecule has 0 radical (unpaired) electrons. The molecular weight excluding hydrogens is 314 g/mol. The van der Waals surface area contributed by atoms with Crippen LogP contribution in [0.4, 0.5) is 0 Å². The van der Waals surface area contributed by atoms with Crippen LogP contribution >= 0.6 is 0 Å². The first-order chi connectivity index (χ1) is 11.9. The van der Waals surface area contributed by atoms with Crippen molar-refractivity contribution in [3.63, 3.8) is 0 Å². The van der Waals surface area contributed by atoms with E-state index in [0.29, 0.717) is 11.8 Å². The standard InChI is InChI=1S/C21H31NO3/c1-13(23)25-15-8-10-20(2)14(12-15)4-5-16-17-6-7-19(22-24)21(17,3)11-9-18(16)20/h4,15-18,24H,5-12H2,1-3H3/b22-19-/t15-,16-,17+,18+,20+,21+/m0/s1. The molecule has 4 aliphatic carbocycles. The van der Waals surface area contributed by atoms with Crippen molar-refractivity contribution in [2.75, 3.05) is 0 Å². The lowest BCUT2D eigenvalue weighted by molar-refractivity contribution is -0.148. The summed E-state index contributed by atoms with van der Waals surface area (Å²) < 4.78 is 5.51. The van der Waals surface area contributed by atoms with Gasteiger partial charge in [-0.25, -0.2) is 0 Å². The minimum absolute atomic E-state index is 0.0711. The van der Waals surface area contributed by atoms with E-state index in [2.05, 4.69) is 25.1 Å². The van der Waals surface area contributed by atoms with Gasteiger partial charge in [0.25, 0.3) is 0 Å². The fraction of sp³-hybridized carbons (Fsp3) is 0.810. The Bertz CT molecular complexity index is 639. The summed E-state index contributed by atoms with van der Waals surface area (Å²) in [4.78, 5) is 11.3. The molecule has 3 saturated carbocycles. The van der Waals surface area contributed by atoms with Crippen LogP contribution in [0.1, 0.15) is 72.1 Å². The Kier molecular flexibility index (Phi) is 4.01. The Morgan fingerprint density at radius 3 is 2.64 bits per heavy atom. The third-order valence-corrected chi connectivity index (χ3v) is 8.25. The molecule has 0 aromatic heterocycles. The molecule has 0 unspecified atom stereocenters. The maximum atomic E-state index is 11.3. The normalized spacial score (nSPS) is 47.5. The summed E-state index contributed by atoms with van der Waals surface area (Å²) >= 11 is 0. The molecule has 4 aliphatic rings. The third kappa shape index (κ3) is 2.47. The van der Waals surface area contributed by atoms with E-state index in [1.165, 1.54) is 25.3 Å². The summed E-state index contributed by atoms with van der Waals surface area (Å²) in [6, 6.07) is 0. The van der Waals surface area contributed by atoms with Gasteiger partial charge in [-0.1, -0.05) is 30.7 Å². The van der Waals surface area contributed by atoms with E-state index >= 15 is 0 Å². The Morgan fingerprint density at radius 1 is 1.20 bits per heavy atom. The van der Waals surface area contributed by atoms with Gasteiger partial charge in [0.1, 0.15) is 6.10 Å². The highest BCUT2D eigenvalue weighted by atomic mass is 16.5. The predicted octanol–water partition coefficient (Wildman–Crippen LogP) is 4.71. The lowest BCUT2D eigenvalue weighted by Gasteiger charge is -2.57. The molecular formula is C21H31NO3. The summed E-state index contributed by atoms with van der Waals surface area (Å²) in [5.41, 5.74) is 2.94. The largest absolute Gasteiger partial charge is 0.462 e. The molecule has 0 bridgehead atoms. The van der Waals surface area contributed by atoms with Crippen molar-refractivity contribution in [1.29, 1.82) is 0 Å². The van der Waals surface area contributed by atoms with Gasteiger partial charge >= 0.3 is 5.97 Å². The van der Waals surface area contributed by atoms with Crippen molar-refractivity contribution in [2.24, 2.45) is 33.7 Å². The minimum atomic E-state index is -0.155.